The van der Waals surface area contributed by atoms with Gasteiger partial charge in [0.05, 0.1) is 17.1 Å². The van der Waals surface area contributed by atoms with Gasteiger partial charge in [-0.1, -0.05) is 41.9 Å². The van der Waals surface area contributed by atoms with Crippen LogP contribution in [0.15, 0.2) is 60.7 Å². The Morgan fingerprint density at radius 1 is 1.17 bits per heavy atom. The Kier molecular flexibility index (Phi) is 4.20. The summed E-state index contributed by atoms with van der Waals surface area (Å²) in [4.78, 5) is 22.2. The van der Waals surface area contributed by atoms with Crippen molar-refractivity contribution in [2.24, 2.45) is 0 Å². The highest BCUT2D eigenvalue weighted by atomic mass is 35.5. The lowest BCUT2D eigenvalue weighted by molar-refractivity contribution is -0.0677. The second-order valence-corrected chi connectivity index (χ2v) is 8.09. The van der Waals surface area contributed by atoms with Gasteiger partial charge in [-0.2, -0.15) is 0 Å². The predicted octanol–water partition coefficient (Wildman–Crippen LogP) is 4.74. The van der Waals surface area contributed by atoms with Crippen molar-refractivity contribution in [2.45, 2.75) is 25.6 Å². The lowest BCUT2D eigenvalue weighted by atomic mass is 9.91. The molecule has 0 aliphatic carbocycles. The van der Waals surface area contributed by atoms with E-state index in [1.165, 1.54) is 4.90 Å². The zero-order chi connectivity index (χ0) is 21.0. The number of nitrogens with zero attached hydrogens (tertiary/aromatic N) is 2. The van der Waals surface area contributed by atoms with Crippen LogP contribution in [0.3, 0.4) is 0 Å². The van der Waals surface area contributed by atoms with Crippen LogP contribution >= 0.6 is 11.6 Å². The zero-order valence-corrected chi connectivity index (χ0v) is 17.2. The fraction of sp³-hybridized carbons (Fsp3) is 0.167. The summed E-state index contributed by atoms with van der Waals surface area (Å²) >= 11 is 6.25. The van der Waals surface area contributed by atoms with E-state index < -0.39 is 11.8 Å². The highest BCUT2D eigenvalue weighted by molar-refractivity contribution is 6.30. The van der Waals surface area contributed by atoms with Gasteiger partial charge < -0.3 is 10.1 Å². The van der Waals surface area contributed by atoms with Gasteiger partial charge in [0.1, 0.15) is 0 Å². The van der Waals surface area contributed by atoms with Gasteiger partial charge >= 0.3 is 0 Å². The van der Waals surface area contributed by atoms with Crippen molar-refractivity contribution in [3.8, 4) is 0 Å². The maximum absolute atomic E-state index is 13.5. The second kappa shape index (κ2) is 6.69. The minimum atomic E-state index is -1.64. The summed E-state index contributed by atoms with van der Waals surface area (Å²) in [5.41, 5.74) is 3.33. The molecular weight excluding hydrogens is 398 g/mol. The van der Waals surface area contributed by atoms with Crippen LogP contribution in [-0.2, 0) is 5.72 Å². The number of amides is 1. The molecule has 2 atom stereocenters. The molecule has 4 aromatic rings. The summed E-state index contributed by atoms with van der Waals surface area (Å²) in [6.07, 6.45) is 2.72. The molecule has 1 aliphatic rings. The normalized spacial score (nSPS) is 19.3. The number of hydrogen-bond acceptors (Lipinski definition) is 3. The molecule has 2 N–H and O–H groups in total. The first-order valence-corrected chi connectivity index (χ1v) is 10.1. The molecule has 1 amide bonds. The molecule has 1 radical (unpaired) electrons. The largest absolute Gasteiger partial charge is 0.363 e. The zero-order valence-electron chi connectivity index (χ0n) is 16.5. The number of carbonyl (C=O) groups is 1. The maximum atomic E-state index is 13.5. The minimum absolute atomic E-state index is 0.228. The van der Waals surface area contributed by atoms with Crippen molar-refractivity contribution < 1.29 is 9.90 Å². The van der Waals surface area contributed by atoms with Crippen LogP contribution in [0.1, 0.15) is 45.6 Å². The van der Waals surface area contributed by atoms with Crippen LogP contribution in [-0.4, -0.2) is 25.9 Å². The Bertz CT molecular complexity index is 1300. The van der Waals surface area contributed by atoms with Crippen LogP contribution in [0, 0.1) is 13.3 Å². The third-order valence-corrected chi connectivity index (χ3v) is 6.18. The number of hydrogen-bond donors (Lipinski definition) is 2. The lowest BCUT2D eigenvalue weighted by Crippen LogP contribution is -2.46. The Morgan fingerprint density at radius 3 is 2.80 bits per heavy atom. The molecule has 0 bridgehead atoms. The summed E-state index contributed by atoms with van der Waals surface area (Å²) in [6, 6.07) is 17.8. The second-order valence-electron chi connectivity index (χ2n) is 7.65. The number of aliphatic hydroxyl groups is 1. The van der Waals surface area contributed by atoms with Gasteiger partial charge in [-0.15, -0.1) is 0 Å². The first-order chi connectivity index (χ1) is 14.4. The summed E-state index contributed by atoms with van der Waals surface area (Å²) in [5, 5.41) is 12.7. The quantitative estimate of drug-likeness (QED) is 0.507. The number of aromatic amines is 1. The average molecular weight is 417 g/mol. The molecule has 6 heteroatoms. The van der Waals surface area contributed by atoms with Crippen molar-refractivity contribution in [1.82, 2.24) is 14.9 Å². The summed E-state index contributed by atoms with van der Waals surface area (Å²) in [5.74, 6) is -0.228. The number of nitrogens with one attached hydrogen (secondary N) is 1. The highest BCUT2D eigenvalue weighted by Crippen LogP contribution is 2.47. The van der Waals surface area contributed by atoms with Gasteiger partial charge in [-0.3, -0.25) is 9.69 Å². The van der Waals surface area contributed by atoms with Gasteiger partial charge in [-0.25, -0.2) is 4.98 Å². The molecule has 3 aromatic carbocycles. The van der Waals surface area contributed by atoms with Gasteiger partial charge in [0, 0.05) is 21.7 Å². The van der Waals surface area contributed by atoms with Gasteiger partial charge in [0.15, 0.2) is 12.1 Å². The van der Waals surface area contributed by atoms with E-state index in [0.29, 0.717) is 27.2 Å². The lowest BCUT2D eigenvalue weighted by Gasteiger charge is -2.39. The Labute approximate surface area is 178 Å². The van der Waals surface area contributed by atoms with Crippen molar-refractivity contribution in [3.05, 3.63) is 99.8 Å². The van der Waals surface area contributed by atoms with Crippen molar-refractivity contribution in [1.29, 1.82) is 0 Å². The molecule has 1 aromatic heterocycles. The number of aromatic nitrogens is 2. The fourth-order valence-corrected chi connectivity index (χ4v) is 4.61. The molecule has 0 fully saturated rings. The molecule has 149 valence electrons. The van der Waals surface area contributed by atoms with Crippen molar-refractivity contribution >= 4 is 28.5 Å². The Balaban J connectivity index is 1.74. The molecule has 1 aliphatic heterocycles. The molecule has 0 spiro atoms. The molecule has 5 nitrogen and oxygen atoms in total. The van der Waals surface area contributed by atoms with Gasteiger partial charge in [0.25, 0.3) is 5.91 Å². The molecule has 30 heavy (non-hydrogen) atoms. The SMILES string of the molecule is Cc1ccc(Cl)cc1C(C)N1C(=O)c2ccccc2C1(O)c1ccc2[nH][c]nc2c1. The first-order valence-electron chi connectivity index (χ1n) is 9.69. The third kappa shape index (κ3) is 2.59. The molecule has 5 rings (SSSR count). The fourth-order valence-electron chi connectivity index (χ4n) is 4.43. The minimum Gasteiger partial charge on any atom is -0.363 e. The third-order valence-electron chi connectivity index (χ3n) is 5.95. The molecule has 0 saturated heterocycles. The van der Waals surface area contributed by atoms with Gasteiger partial charge in [0.2, 0.25) is 0 Å². The van der Waals surface area contributed by atoms with E-state index in [-0.39, 0.29) is 5.91 Å². The number of rotatable bonds is 3. The number of carbonyl (C=O) groups excluding carboxylic acids is 1. The van der Waals surface area contributed by atoms with Crippen LogP contribution < -0.4 is 0 Å². The molecular formula is C24H19ClN3O2. The van der Waals surface area contributed by atoms with Gasteiger partial charge in [-0.05, 0) is 55.3 Å². The average Bonchev–Trinajstić information content (AvgIpc) is 3.31. The van der Waals surface area contributed by atoms with Crippen LogP contribution in [0.2, 0.25) is 5.02 Å². The van der Waals surface area contributed by atoms with E-state index in [0.717, 1.165) is 16.6 Å². The van der Waals surface area contributed by atoms with Crippen LogP contribution in [0.4, 0.5) is 0 Å². The predicted molar refractivity (Wildman–Crippen MR) is 115 cm³/mol. The number of fused-ring (bicyclic) bond motifs is 2. The van der Waals surface area contributed by atoms with Crippen LogP contribution in [0.25, 0.3) is 11.0 Å². The number of benzene rings is 3. The van der Waals surface area contributed by atoms with E-state index in [9.17, 15) is 9.90 Å². The summed E-state index contributed by atoms with van der Waals surface area (Å²) in [6.45, 7) is 3.88. The summed E-state index contributed by atoms with van der Waals surface area (Å²) in [7, 11) is 0. The monoisotopic (exact) mass is 416 g/mol. The summed E-state index contributed by atoms with van der Waals surface area (Å²) < 4.78 is 0. The maximum Gasteiger partial charge on any atom is 0.257 e. The van der Waals surface area contributed by atoms with Crippen molar-refractivity contribution in [2.75, 3.05) is 0 Å². The number of halogens is 1. The smallest absolute Gasteiger partial charge is 0.257 e. The standard InChI is InChI=1S/C24H19ClN3O2/c1-14-7-9-17(25)12-19(14)15(2)28-23(29)18-5-3-4-6-20(18)24(28,30)16-8-10-21-22(11-16)27-13-26-21/h3-12,15,30H,1-2H3,(H,26,27). The van der Waals surface area contributed by atoms with E-state index in [1.54, 1.807) is 18.2 Å². The number of H-pyrrole nitrogens is 1. The molecule has 2 unspecified atom stereocenters. The van der Waals surface area contributed by atoms with Crippen molar-refractivity contribution in [3.63, 3.8) is 0 Å². The first kappa shape index (κ1) is 18.9. The van der Waals surface area contributed by atoms with E-state index in [4.69, 9.17) is 11.6 Å². The van der Waals surface area contributed by atoms with E-state index in [2.05, 4.69) is 16.3 Å². The molecule has 2 heterocycles. The number of imidazole rings is 1. The Hall–Kier alpha value is -3.15. The van der Waals surface area contributed by atoms with E-state index >= 15 is 0 Å². The topological polar surface area (TPSA) is 69.2 Å². The number of aryl methyl sites for hydroxylation is 1. The van der Waals surface area contributed by atoms with Crippen LogP contribution in [0.5, 0.6) is 0 Å². The Morgan fingerprint density at radius 2 is 1.97 bits per heavy atom. The van der Waals surface area contributed by atoms with E-state index in [1.807, 2.05) is 56.3 Å². The highest BCUT2D eigenvalue weighted by Gasteiger charge is 2.52. The molecule has 0 saturated carbocycles.